The number of aryl methyl sites for hydroxylation is 1. The molecule has 0 unspecified atom stereocenters. The molecule has 0 spiro atoms. The van der Waals surface area contributed by atoms with Crippen molar-refractivity contribution in [1.29, 1.82) is 0 Å². The minimum Gasteiger partial charge on any atom is -0.507 e. The molecule has 1 amide bonds. The normalized spacial score (nSPS) is 11.3. The van der Waals surface area contributed by atoms with Crippen LogP contribution < -0.4 is 5.32 Å². The minimum absolute atomic E-state index is 0.109. The number of phenolic OH excluding ortho intramolecular Hbond substituents is 1. The second-order valence-electron chi connectivity index (χ2n) is 6.89. The molecule has 0 fully saturated rings. The summed E-state index contributed by atoms with van der Waals surface area (Å²) in [6.07, 6.45) is 1.65. The van der Waals surface area contributed by atoms with Crippen molar-refractivity contribution in [3.05, 3.63) is 74.3 Å². The Labute approximate surface area is 212 Å². The molecule has 0 atom stereocenters. The molecular weight excluding hydrogens is 577 g/mol. The summed E-state index contributed by atoms with van der Waals surface area (Å²) in [6, 6.07) is 16.5. The number of aromatic nitrogens is 1. The Morgan fingerprint density at radius 2 is 2.09 bits per heavy atom. The van der Waals surface area contributed by atoms with E-state index in [-0.39, 0.29) is 17.4 Å². The largest absolute Gasteiger partial charge is 0.507 e. The number of carbonyl (C=O) groups excluding carboxylic acids is 1. The first-order chi connectivity index (χ1) is 15.4. The lowest BCUT2D eigenvalue weighted by Crippen LogP contribution is -2.14. The maximum atomic E-state index is 12.4. The van der Waals surface area contributed by atoms with Crippen molar-refractivity contribution in [3.63, 3.8) is 0 Å². The first-order valence-corrected chi connectivity index (χ1v) is 12.8. The molecule has 3 aromatic carbocycles. The van der Waals surface area contributed by atoms with Gasteiger partial charge >= 0.3 is 0 Å². The second kappa shape index (κ2) is 10.2. The average Bonchev–Trinajstić information content (AvgIpc) is 3.18. The van der Waals surface area contributed by atoms with Crippen molar-refractivity contribution >= 4 is 91.0 Å². The van der Waals surface area contributed by atoms with Crippen molar-refractivity contribution in [2.24, 2.45) is 4.99 Å². The number of thiazole rings is 1. The molecular formula is C23H17ClIN3O2S2. The van der Waals surface area contributed by atoms with Crippen LogP contribution in [-0.4, -0.2) is 28.0 Å². The summed E-state index contributed by atoms with van der Waals surface area (Å²) in [4.78, 5) is 21.4. The first-order valence-electron chi connectivity index (χ1n) is 9.49. The molecule has 1 aromatic heterocycles. The van der Waals surface area contributed by atoms with E-state index in [1.54, 1.807) is 24.4 Å². The monoisotopic (exact) mass is 593 g/mol. The van der Waals surface area contributed by atoms with Crippen LogP contribution in [0.1, 0.15) is 11.1 Å². The number of anilines is 1. The van der Waals surface area contributed by atoms with Crippen LogP contribution in [-0.2, 0) is 4.79 Å². The van der Waals surface area contributed by atoms with E-state index in [0.29, 0.717) is 16.3 Å². The zero-order chi connectivity index (χ0) is 22.7. The van der Waals surface area contributed by atoms with E-state index in [1.165, 1.54) is 23.1 Å². The molecule has 9 heteroatoms. The summed E-state index contributed by atoms with van der Waals surface area (Å²) in [7, 11) is 0. The van der Waals surface area contributed by atoms with Gasteiger partial charge in [0.15, 0.2) is 4.34 Å². The topological polar surface area (TPSA) is 74.6 Å². The molecule has 0 bridgehead atoms. The predicted octanol–water partition coefficient (Wildman–Crippen LogP) is 7.05. The quantitative estimate of drug-likeness (QED) is 0.143. The number of aliphatic imine (C=N–C) groups is 1. The zero-order valence-electron chi connectivity index (χ0n) is 16.8. The highest BCUT2D eigenvalue weighted by molar-refractivity contribution is 14.1. The standard InChI is InChI=1S/C23H17ClIN3O2S2/c1-13-2-3-15(24)9-19(13)27-22(30)12-31-23-28-18-6-5-17(10-21(18)32-23)26-11-14-8-16(25)4-7-20(14)29/h2-11,29H,12H2,1H3,(H,27,30). The number of halogens is 2. The van der Waals surface area contributed by atoms with E-state index < -0.39 is 0 Å². The molecule has 4 aromatic rings. The molecule has 162 valence electrons. The average molecular weight is 594 g/mol. The number of aromatic hydroxyl groups is 1. The summed E-state index contributed by atoms with van der Waals surface area (Å²) >= 11 is 11.1. The Morgan fingerprint density at radius 3 is 2.94 bits per heavy atom. The first kappa shape index (κ1) is 23.0. The van der Waals surface area contributed by atoms with E-state index in [1.807, 2.05) is 43.3 Å². The second-order valence-corrected chi connectivity index (χ2v) is 10.8. The Balaban J connectivity index is 1.42. The molecule has 0 aliphatic heterocycles. The SMILES string of the molecule is Cc1ccc(Cl)cc1NC(=O)CSc1nc2ccc(N=Cc3cc(I)ccc3O)cc2s1. The van der Waals surface area contributed by atoms with Gasteiger partial charge in [0, 0.05) is 26.1 Å². The van der Waals surface area contributed by atoms with Gasteiger partial charge in [-0.1, -0.05) is 29.4 Å². The molecule has 0 aliphatic carbocycles. The number of hydrogen-bond donors (Lipinski definition) is 2. The highest BCUT2D eigenvalue weighted by atomic mass is 127. The van der Waals surface area contributed by atoms with E-state index in [0.717, 1.165) is 29.4 Å². The van der Waals surface area contributed by atoms with Crippen molar-refractivity contribution in [2.45, 2.75) is 11.3 Å². The van der Waals surface area contributed by atoms with Crippen LogP contribution in [0.25, 0.3) is 10.2 Å². The van der Waals surface area contributed by atoms with Gasteiger partial charge in [0.1, 0.15) is 5.75 Å². The van der Waals surface area contributed by atoms with Gasteiger partial charge in [0.05, 0.1) is 21.7 Å². The third-order valence-corrected chi connectivity index (χ3v) is 7.56. The summed E-state index contributed by atoms with van der Waals surface area (Å²) in [5, 5.41) is 13.5. The van der Waals surface area contributed by atoms with Gasteiger partial charge in [-0.2, -0.15) is 0 Å². The Hall–Kier alpha value is -2.14. The third-order valence-electron chi connectivity index (χ3n) is 4.50. The van der Waals surface area contributed by atoms with Gasteiger partial charge < -0.3 is 10.4 Å². The Morgan fingerprint density at radius 1 is 1.25 bits per heavy atom. The van der Waals surface area contributed by atoms with Crippen LogP contribution in [0.15, 0.2) is 63.9 Å². The number of hydrogen-bond acceptors (Lipinski definition) is 6. The molecule has 4 rings (SSSR count). The summed E-state index contributed by atoms with van der Waals surface area (Å²) in [5.41, 5.74) is 3.97. The highest BCUT2D eigenvalue weighted by Crippen LogP contribution is 2.32. The number of benzene rings is 3. The van der Waals surface area contributed by atoms with Crippen molar-refractivity contribution in [3.8, 4) is 5.75 Å². The number of fused-ring (bicyclic) bond motifs is 1. The van der Waals surface area contributed by atoms with Crippen LogP contribution >= 0.6 is 57.3 Å². The third kappa shape index (κ3) is 5.80. The van der Waals surface area contributed by atoms with Crippen LogP contribution in [0.2, 0.25) is 5.02 Å². The summed E-state index contributed by atoms with van der Waals surface area (Å²) < 4.78 is 2.82. The fourth-order valence-electron chi connectivity index (χ4n) is 2.85. The van der Waals surface area contributed by atoms with Gasteiger partial charge in [0.2, 0.25) is 5.91 Å². The number of nitrogens with zero attached hydrogens (tertiary/aromatic N) is 2. The molecule has 32 heavy (non-hydrogen) atoms. The molecule has 1 heterocycles. The number of amides is 1. The molecule has 0 radical (unpaired) electrons. The van der Waals surface area contributed by atoms with Gasteiger partial charge in [-0.25, -0.2) is 4.98 Å². The van der Waals surface area contributed by atoms with E-state index >= 15 is 0 Å². The van der Waals surface area contributed by atoms with Crippen molar-refractivity contribution in [1.82, 2.24) is 4.98 Å². The van der Waals surface area contributed by atoms with Crippen LogP contribution in [0.4, 0.5) is 11.4 Å². The van der Waals surface area contributed by atoms with Gasteiger partial charge in [-0.15, -0.1) is 11.3 Å². The highest BCUT2D eigenvalue weighted by Gasteiger charge is 2.10. The lowest BCUT2D eigenvalue weighted by molar-refractivity contribution is -0.113. The Bertz CT molecular complexity index is 1340. The summed E-state index contributed by atoms with van der Waals surface area (Å²) in [6.45, 7) is 1.92. The molecule has 0 aliphatic rings. The molecule has 0 saturated heterocycles. The van der Waals surface area contributed by atoms with E-state index in [2.05, 4.69) is 37.9 Å². The van der Waals surface area contributed by atoms with Gasteiger partial charge in [0.25, 0.3) is 0 Å². The fourth-order valence-corrected chi connectivity index (χ4v) is 5.44. The van der Waals surface area contributed by atoms with E-state index in [9.17, 15) is 9.90 Å². The maximum absolute atomic E-state index is 12.4. The number of nitrogens with one attached hydrogen (secondary N) is 1. The van der Waals surface area contributed by atoms with Crippen molar-refractivity contribution in [2.75, 3.05) is 11.1 Å². The molecule has 5 nitrogen and oxygen atoms in total. The number of carbonyl (C=O) groups is 1. The summed E-state index contributed by atoms with van der Waals surface area (Å²) in [5.74, 6) is 0.336. The number of rotatable bonds is 6. The Kier molecular flexibility index (Phi) is 7.34. The van der Waals surface area contributed by atoms with Gasteiger partial charge in [-0.05, 0) is 83.6 Å². The smallest absolute Gasteiger partial charge is 0.234 e. The predicted molar refractivity (Wildman–Crippen MR) is 143 cm³/mol. The fraction of sp³-hybridized carbons (Fsp3) is 0.0870. The van der Waals surface area contributed by atoms with Crippen LogP contribution in [0.3, 0.4) is 0 Å². The van der Waals surface area contributed by atoms with Crippen LogP contribution in [0.5, 0.6) is 5.75 Å². The lowest BCUT2D eigenvalue weighted by Gasteiger charge is -2.08. The maximum Gasteiger partial charge on any atom is 0.234 e. The van der Waals surface area contributed by atoms with E-state index in [4.69, 9.17) is 11.6 Å². The number of phenols is 1. The lowest BCUT2D eigenvalue weighted by atomic mass is 10.2. The number of thioether (sulfide) groups is 1. The molecule has 2 N–H and O–H groups in total. The van der Waals surface area contributed by atoms with Gasteiger partial charge in [-0.3, -0.25) is 9.79 Å². The zero-order valence-corrected chi connectivity index (χ0v) is 21.3. The van der Waals surface area contributed by atoms with Crippen molar-refractivity contribution < 1.29 is 9.90 Å². The minimum atomic E-state index is -0.109. The van der Waals surface area contributed by atoms with Crippen LogP contribution in [0, 0.1) is 10.5 Å². The molecule has 0 saturated carbocycles.